The number of hydrogen-bond acceptors (Lipinski definition) is 4. The zero-order valence-corrected chi connectivity index (χ0v) is 15.4. The molecule has 1 aliphatic carbocycles. The monoisotopic (exact) mass is 368 g/mol. The van der Waals surface area contributed by atoms with Gasteiger partial charge >= 0.3 is 0 Å². The Morgan fingerprint density at radius 1 is 0.964 bits per heavy atom. The Bertz CT molecular complexity index is 1210. The highest BCUT2D eigenvalue weighted by molar-refractivity contribution is 5.89. The molecule has 2 aromatic carbocycles. The highest BCUT2D eigenvalue weighted by atomic mass is 16.1. The Balaban J connectivity index is 1.70. The van der Waals surface area contributed by atoms with E-state index >= 15 is 0 Å². The molecule has 0 amide bonds. The second kappa shape index (κ2) is 6.39. The zero-order chi connectivity index (χ0) is 19.1. The topological polar surface area (TPSA) is 84.7 Å². The molecular formula is C23H20N4O. The molecule has 0 aliphatic heterocycles. The fourth-order valence-electron chi connectivity index (χ4n) is 3.86. The van der Waals surface area contributed by atoms with Gasteiger partial charge in [0, 0.05) is 16.7 Å². The number of aromatic nitrogens is 3. The summed E-state index contributed by atoms with van der Waals surface area (Å²) < 4.78 is 0. The van der Waals surface area contributed by atoms with E-state index in [1.54, 1.807) is 0 Å². The standard InChI is InChI=1S/C23H20N4O/c24-23(11-4-12-23)17-9-7-16(8-10-17)20-18(15-5-2-1-3-6-15)13-19-21(27-20)25-14-26-22(19)28/h1-3,5-10,13-14H,4,11-12,24H2,(H,25,26,27,28). The molecule has 0 saturated heterocycles. The van der Waals surface area contributed by atoms with E-state index in [0.29, 0.717) is 11.0 Å². The number of benzene rings is 2. The van der Waals surface area contributed by atoms with Gasteiger partial charge in [0.1, 0.15) is 0 Å². The molecule has 0 spiro atoms. The lowest BCUT2D eigenvalue weighted by Gasteiger charge is -2.38. The van der Waals surface area contributed by atoms with Crippen molar-refractivity contribution in [2.24, 2.45) is 5.73 Å². The normalized spacial score (nSPS) is 15.3. The average molecular weight is 368 g/mol. The number of H-pyrrole nitrogens is 1. The Labute approximate surface area is 162 Å². The molecule has 5 nitrogen and oxygen atoms in total. The highest BCUT2D eigenvalue weighted by Gasteiger charge is 2.34. The Hall–Kier alpha value is -3.31. The highest BCUT2D eigenvalue weighted by Crippen LogP contribution is 2.40. The molecule has 138 valence electrons. The van der Waals surface area contributed by atoms with Crippen LogP contribution in [0, 0.1) is 0 Å². The van der Waals surface area contributed by atoms with Crippen LogP contribution in [-0.4, -0.2) is 15.0 Å². The predicted molar refractivity (Wildman–Crippen MR) is 111 cm³/mol. The summed E-state index contributed by atoms with van der Waals surface area (Å²) in [6.07, 6.45) is 4.63. The first kappa shape index (κ1) is 16.8. The van der Waals surface area contributed by atoms with Gasteiger partial charge in [-0.05, 0) is 36.5 Å². The van der Waals surface area contributed by atoms with Gasteiger partial charge in [-0.1, -0.05) is 54.6 Å². The van der Waals surface area contributed by atoms with Gasteiger partial charge in [0.15, 0.2) is 5.65 Å². The maximum Gasteiger partial charge on any atom is 0.260 e. The van der Waals surface area contributed by atoms with Crippen LogP contribution in [0.5, 0.6) is 0 Å². The molecular weight excluding hydrogens is 348 g/mol. The van der Waals surface area contributed by atoms with E-state index < -0.39 is 0 Å². The molecule has 4 aromatic rings. The van der Waals surface area contributed by atoms with E-state index in [-0.39, 0.29) is 11.1 Å². The van der Waals surface area contributed by atoms with E-state index in [4.69, 9.17) is 10.7 Å². The zero-order valence-electron chi connectivity index (χ0n) is 15.4. The van der Waals surface area contributed by atoms with Crippen molar-refractivity contribution >= 4 is 11.0 Å². The van der Waals surface area contributed by atoms with Gasteiger partial charge in [-0.15, -0.1) is 0 Å². The summed E-state index contributed by atoms with van der Waals surface area (Å²) in [7, 11) is 0. The molecule has 5 rings (SSSR count). The van der Waals surface area contributed by atoms with Gasteiger partial charge in [0.25, 0.3) is 5.56 Å². The van der Waals surface area contributed by atoms with Crippen molar-refractivity contribution in [1.29, 1.82) is 0 Å². The molecule has 1 fully saturated rings. The van der Waals surface area contributed by atoms with Crippen molar-refractivity contribution in [3.63, 3.8) is 0 Å². The third-order valence-electron chi connectivity index (χ3n) is 5.69. The molecule has 1 saturated carbocycles. The molecule has 28 heavy (non-hydrogen) atoms. The summed E-state index contributed by atoms with van der Waals surface area (Å²) in [5, 5.41) is 0.483. The fraction of sp³-hybridized carbons (Fsp3) is 0.174. The quantitative estimate of drug-likeness (QED) is 0.573. The van der Waals surface area contributed by atoms with Gasteiger partial charge in [0.2, 0.25) is 0 Å². The van der Waals surface area contributed by atoms with Crippen molar-refractivity contribution in [3.05, 3.63) is 82.9 Å². The molecule has 0 bridgehead atoms. The smallest absolute Gasteiger partial charge is 0.260 e. The van der Waals surface area contributed by atoms with Gasteiger partial charge in [-0.2, -0.15) is 0 Å². The lowest BCUT2D eigenvalue weighted by atomic mass is 9.72. The van der Waals surface area contributed by atoms with Crippen LogP contribution in [0.15, 0.2) is 71.8 Å². The molecule has 3 N–H and O–H groups in total. The van der Waals surface area contributed by atoms with Crippen LogP contribution in [0.4, 0.5) is 0 Å². The van der Waals surface area contributed by atoms with E-state index in [0.717, 1.165) is 35.2 Å². The van der Waals surface area contributed by atoms with E-state index in [9.17, 15) is 4.79 Å². The van der Waals surface area contributed by atoms with Crippen LogP contribution in [-0.2, 0) is 5.54 Å². The van der Waals surface area contributed by atoms with Crippen molar-refractivity contribution in [3.8, 4) is 22.4 Å². The predicted octanol–water partition coefficient (Wildman–Crippen LogP) is 3.99. The van der Waals surface area contributed by atoms with E-state index in [2.05, 4.69) is 34.2 Å². The minimum absolute atomic E-state index is 0.188. The van der Waals surface area contributed by atoms with Crippen LogP contribution in [0.3, 0.4) is 0 Å². The molecule has 2 aromatic heterocycles. The Kier molecular flexibility index (Phi) is 3.84. The Morgan fingerprint density at radius 3 is 2.39 bits per heavy atom. The lowest BCUT2D eigenvalue weighted by molar-refractivity contribution is 0.253. The molecule has 0 atom stereocenters. The summed E-state index contributed by atoms with van der Waals surface area (Å²) >= 11 is 0. The van der Waals surface area contributed by atoms with E-state index in [1.165, 1.54) is 18.3 Å². The first-order valence-electron chi connectivity index (χ1n) is 9.48. The largest absolute Gasteiger partial charge is 0.321 e. The number of aromatic amines is 1. The Morgan fingerprint density at radius 2 is 1.71 bits per heavy atom. The number of pyridine rings is 1. The van der Waals surface area contributed by atoms with Crippen LogP contribution >= 0.6 is 0 Å². The number of rotatable bonds is 3. The molecule has 2 heterocycles. The van der Waals surface area contributed by atoms with Crippen molar-refractivity contribution in [2.45, 2.75) is 24.8 Å². The van der Waals surface area contributed by atoms with Crippen LogP contribution in [0.25, 0.3) is 33.4 Å². The fourth-order valence-corrected chi connectivity index (χ4v) is 3.86. The van der Waals surface area contributed by atoms with Gasteiger partial charge in [0.05, 0.1) is 17.4 Å². The molecule has 1 aliphatic rings. The third kappa shape index (κ3) is 2.72. The number of fused-ring (bicyclic) bond motifs is 1. The van der Waals surface area contributed by atoms with Crippen LogP contribution in [0.1, 0.15) is 24.8 Å². The van der Waals surface area contributed by atoms with Crippen molar-refractivity contribution < 1.29 is 0 Å². The lowest BCUT2D eigenvalue weighted by Crippen LogP contribution is -2.43. The first-order chi connectivity index (χ1) is 13.6. The summed E-state index contributed by atoms with van der Waals surface area (Å²) in [5.74, 6) is 0. The molecule has 5 heteroatoms. The van der Waals surface area contributed by atoms with Gasteiger partial charge in [-0.25, -0.2) is 9.97 Å². The average Bonchev–Trinajstić information content (AvgIpc) is 2.72. The minimum atomic E-state index is -0.188. The summed E-state index contributed by atoms with van der Waals surface area (Å²) in [4.78, 5) is 23.9. The summed E-state index contributed by atoms with van der Waals surface area (Å²) in [6.45, 7) is 0. The summed E-state index contributed by atoms with van der Waals surface area (Å²) in [5.41, 5.74) is 11.4. The number of nitrogens with zero attached hydrogens (tertiary/aromatic N) is 2. The SMILES string of the molecule is NC1(c2ccc(-c3nc4nc[nH]c(=O)c4cc3-c3ccccc3)cc2)CCC1. The molecule has 0 radical (unpaired) electrons. The maximum absolute atomic E-state index is 12.3. The number of nitrogens with two attached hydrogens (primary N) is 1. The van der Waals surface area contributed by atoms with Crippen LogP contribution < -0.4 is 11.3 Å². The maximum atomic E-state index is 12.3. The number of hydrogen-bond donors (Lipinski definition) is 2. The van der Waals surface area contributed by atoms with Crippen molar-refractivity contribution in [2.75, 3.05) is 0 Å². The second-order valence-electron chi connectivity index (χ2n) is 7.44. The van der Waals surface area contributed by atoms with E-state index in [1.807, 2.05) is 36.4 Å². The summed E-state index contributed by atoms with van der Waals surface area (Å²) in [6, 6.07) is 20.2. The third-order valence-corrected chi connectivity index (χ3v) is 5.69. The molecule has 0 unspecified atom stereocenters. The van der Waals surface area contributed by atoms with Gasteiger partial charge in [-0.3, -0.25) is 4.79 Å². The van der Waals surface area contributed by atoms with Crippen LogP contribution in [0.2, 0.25) is 0 Å². The number of nitrogens with one attached hydrogen (secondary N) is 1. The second-order valence-corrected chi connectivity index (χ2v) is 7.44. The van der Waals surface area contributed by atoms with Crippen molar-refractivity contribution in [1.82, 2.24) is 15.0 Å². The minimum Gasteiger partial charge on any atom is -0.321 e. The van der Waals surface area contributed by atoms with Gasteiger partial charge < -0.3 is 10.7 Å². The first-order valence-corrected chi connectivity index (χ1v) is 9.48.